The molecule has 0 saturated heterocycles. The standard InChI is InChI=1S/C15H17N3O5S/c1-9-12(14(19)23-7-6-22-2)13(17-15(24)16-9)10-4-3-5-11(8-10)18(20)21/h3-5,8,13H,6-7H2,1-2H3,(H2,16,17,24)/t13-/m0/s1. The summed E-state index contributed by atoms with van der Waals surface area (Å²) in [7, 11) is 1.51. The van der Waals surface area contributed by atoms with Gasteiger partial charge in [0.15, 0.2) is 5.11 Å². The van der Waals surface area contributed by atoms with E-state index in [2.05, 4.69) is 10.6 Å². The first-order valence-corrected chi connectivity index (χ1v) is 7.53. The fourth-order valence-corrected chi connectivity index (χ4v) is 2.60. The number of ether oxygens (including phenoxy) is 2. The summed E-state index contributed by atoms with van der Waals surface area (Å²) in [5.74, 6) is -0.538. The Morgan fingerprint density at radius 2 is 2.17 bits per heavy atom. The molecule has 1 aromatic rings. The SMILES string of the molecule is COCCOC(=O)C1=C(C)NC(=S)N[C@H]1c1cccc([N+](=O)[O-])c1. The second-order valence-corrected chi connectivity index (χ2v) is 5.46. The summed E-state index contributed by atoms with van der Waals surface area (Å²) in [6.45, 7) is 2.08. The van der Waals surface area contributed by atoms with E-state index in [9.17, 15) is 14.9 Å². The summed E-state index contributed by atoms with van der Waals surface area (Å²) in [6.07, 6.45) is 0. The number of nitro benzene ring substituents is 1. The van der Waals surface area contributed by atoms with Gasteiger partial charge in [-0.3, -0.25) is 10.1 Å². The predicted molar refractivity (Wildman–Crippen MR) is 90.2 cm³/mol. The Kier molecular flexibility index (Phi) is 5.83. The minimum Gasteiger partial charge on any atom is -0.460 e. The highest BCUT2D eigenvalue weighted by Crippen LogP contribution is 2.29. The van der Waals surface area contributed by atoms with Crippen LogP contribution in [0, 0.1) is 10.1 Å². The summed E-state index contributed by atoms with van der Waals surface area (Å²) < 4.78 is 10.0. The van der Waals surface area contributed by atoms with E-state index in [0.717, 1.165) is 0 Å². The zero-order valence-electron chi connectivity index (χ0n) is 13.2. The quantitative estimate of drug-likeness (QED) is 0.262. The van der Waals surface area contributed by atoms with Gasteiger partial charge >= 0.3 is 5.97 Å². The second kappa shape index (κ2) is 7.84. The van der Waals surface area contributed by atoms with Gasteiger partial charge in [-0.25, -0.2) is 4.79 Å². The Labute approximate surface area is 144 Å². The first kappa shape index (κ1) is 17.8. The molecule has 0 radical (unpaired) electrons. The van der Waals surface area contributed by atoms with E-state index in [4.69, 9.17) is 21.7 Å². The van der Waals surface area contributed by atoms with E-state index in [-0.39, 0.29) is 18.9 Å². The van der Waals surface area contributed by atoms with Gasteiger partial charge in [0, 0.05) is 24.9 Å². The Morgan fingerprint density at radius 1 is 1.42 bits per heavy atom. The lowest BCUT2D eigenvalue weighted by molar-refractivity contribution is -0.384. The molecule has 128 valence electrons. The van der Waals surface area contributed by atoms with E-state index in [1.165, 1.54) is 19.2 Å². The normalized spacial score (nSPS) is 17.1. The summed E-state index contributed by atoms with van der Waals surface area (Å²) in [5.41, 5.74) is 1.34. The predicted octanol–water partition coefficient (Wildman–Crippen LogP) is 1.58. The van der Waals surface area contributed by atoms with Crippen molar-refractivity contribution < 1.29 is 19.2 Å². The maximum atomic E-state index is 12.4. The first-order chi connectivity index (χ1) is 11.4. The van der Waals surface area contributed by atoms with E-state index in [0.29, 0.717) is 21.9 Å². The average Bonchev–Trinajstić information content (AvgIpc) is 2.54. The molecule has 9 heteroatoms. The summed E-state index contributed by atoms with van der Waals surface area (Å²) in [6, 6.07) is 5.41. The second-order valence-electron chi connectivity index (χ2n) is 5.05. The van der Waals surface area contributed by atoms with Crippen LogP contribution >= 0.6 is 12.2 Å². The van der Waals surface area contributed by atoms with Gasteiger partial charge in [0.1, 0.15) is 6.61 Å². The number of hydrogen-bond acceptors (Lipinski definition) is 6. The molecule has 1 aliphatic heterocycles. The van der Waals surface area contributed by atoms with E-state index < -0.39 is 16.9 Å². The number of non-ortho nitro benzene ring substituents is 1. The highest BCUT2D eigenvalue weighted by Gasteiger charge is 2.31. The van der Waals surface area contributed by atoms with Crippen molar-refractivity contribution in [3.63, 3.8) is 0 Å². The van der Waals surface area contributed by atoms with Crippen LogP contribution in [0.1, 0.15) is 18.5 Å². The first-order valence-electron chi connectivity index (χ1n) is 7.12. The number of nitro groups is 1. The summed E-state index contributed by atoms with van der Waals surface area (Å²) >= 11 is 5.13. The lowest BCUT2D eigenvalue weighted by Gasteiger charge is -2.29. The van der Waals surface area contributed by atoms with Gasteiger partial charge in [-0.15, -0.1) is 0 Å². The highest BCUT2D eigenvalue weighted by molar-refractivity contribution is 7.80. The fourth-order valence-electron chi connectivity index (χ4n) is 2.33. The van der Waals surface area contributed by atoms with Crippen molar-refractivity contribution in [1.29, 1.82) is 0 Å². The molecular weight excluding hydrogens is 334 g/mol. The third-order valence-corrected chi connectivity index (χ3v) is 3.64. The Morgan fingerprint density at radius 3 is 2.83 bits per heavy atom. The van der Waals surface area contributed by atoms with Crippen molar-refractivity contribution in [3.05, 3.63) is 51.2 Å². The molecule has 0 amide bonds. The van der Waals surface area contributed by atoms with Crippen LogP contribution in [-0.4, -0.2) is 36.3 Å². The number of methoxy groups -OCH3 is 1. The van der Waals surface area contributed by atoms with Gasteiger partial charge in [0.05, 0.1) is 23.1 Å². The minimum absolute atomic E-state index is 0.0662. The molecule has 1 aromatic carbocycles. The zero-order valence-corrected chi connectivity index (χ0v) is 14.0. The van der Waals surface area contributed by atoms with Crippen LogP contribution in [0.2, 0.25) is 0 Å². The molecule has 0 bridgehead atoms. The van der Waals surface area contributed by atoms with Crippen LogP contribution in [0.3, 0.4) is 0 Å². The molecule has 0 fully saturated rings. The Hall–Kier alpha value is -2.52. The third kappa shape index (κ3) is 4.06. The number of nitrogens with zero attached hydrogens (tertiary/aromatic N) is 1. The molecule has 1 atom stereocenters. The van der Waals surface area contributed by atoms with Crippen molar-refractivity contribution in [2.75, 3.05) is 20.3 Å². The molecule has 0 saturated carbocycles. The smallest absolute Gasteiger partial charge is 0.338 e. The van der Waals surface area contributed by atoms with E-state index >= 15 is 0 Å². The van der Waals surface area contributed by atoms with Crippen LogP contribution in [0.5, 0.6) is 0 Å². The van der Waals surface area contributed by atoms with Gasteiger partial charge in [0.2, 0.25) is 0 Å². The number of hydrogen-bond donors (Lipinski definition) is 2. The van der Waals surface area contributed by atoms with Crippen LogP contribution in [-0.2, 0) is 14.3 Å². The van der Waals surface area contributed by atoms with E-state index in [1.54, 1.807) is 19.1 Å². The summed E-state index contributed by atoms with van der Waals surface area (Å²) in [5, 5.41) is 17.1. The van der Waals surface area contributed by atoms with Gasteiger partial charge in [0.25, 0.3) is 5.69 Å². The molecule has 8 nitrogen and oxygen atoms in total. The van der Waals surface area contributed by atoms with Crippen LogP contribution in [0.4, 0.5) is 5.69 Å². The Bertz CT molecular complexity index is 704. The van der Waals surface area contributed by atoms with Crippen molar-refractivity contribution in [2.45, 2.75) is 13.0 Å². The van der Waals surface area contributed by atoms with Gasteiger partial charge in [-0.05, 0) is 24.7 Å². The van der Waals surface area contributed by atoms with Crippen molar-refractivity contribution >= 4 is 29.0 Å². The van der Waals surface area contributed by atoms with Crippen LogP contribution in [0.25, 0.3) is 0 Å². The number of carbonyl (C=O) groups is 1. The zero-order chi connectivity index (χ0) is 17.7. The molecule has 1 heterocycles. The number of carbonyl (C=O) groups excluding carboxylic acids is 1. The largest absolute Gasteiger partial charge is 0.460 e. The Balaban J connectivity index is 2.36. The molecule has 2 rings (SSSR count). The maximum absolute atomic E-state index is 12.4. The van der Waals surface area contributed by atoms with Gasteiger partial charge in [-0.1, -0.05) is 12.1 Å². The van der Waals surface area contributed by atoms with Gasteiger partial charge < -0.3 is 20.1 Å². The molecule has 0 unspecified atom stereocenters. The van der Waals surface area contributed by atoms with Crippen molar-refractivity contribution in [3.8, 4) is 0 Å². The number of nitrogens with one attached hydrogen (secondary N) is 2. The summed E-state index contributed by atoms with van der Waals surface area (Å²) in [4.78, 5) is 22.9. The number of thiocarbonyl (C=S) groups is 1. The number of allylic oxidation sites excluding steroid dienone is 1. The average molecular weight is 351 g/mol. The molecule has 0 aromatic heterocycles. The number of rotatable bonds is 6. The molecule has 24 heavy (non-hydrogen) atoms. The van der Waals surface area contributed by atoms with Crippen molar-refractivity contribution in [1.82, 2.24) is 10.6 Å². The molecular formula is C15H17N3O5S. The van der Waals surface area contributed by atoms with Crippen molar-refractivity contribution in [2.24, 2.45) is 0 Å². The molecule has 1 aliphatic rings. The lowest BCUT2D eigenvalue weighted by Crippen LogP contribution is -2.45. The molecule has 0 spiro atoms. The van der Waals surface area contributed by atoms with E-state index in [1.807, 2.05) is 0 Å². The monoisotopic (exact) mass is 351 g/mol. The van der Waals surface area contributed by atoms with Gasteiger partial charge in [-0.2, -0.15) is 0 Å². The third-order valence-electron chi connectivity index (χ3n) is 3.42. The number of esters is 1. The topological polar surface area (TPSA) is 103 Å². The number of benzene rings is 1. The minimum atomic E-state index is -0.631. The molecule has 0 aliphatic carbocycles. The molecule has 2 N–H and O–H groups in total. The maximum Gasteiger partial charge on any atom is 0.338 e. The highest BCUT2D eigenvalue weighted by atomic mass is 32.1. The van der Waals surface area contributed by atoms with Crippen LogP contribution in [0.15, 0.2) is 35.5 Å². The lowest BCUT2D eigenvalue weighted by atomic mass is 9.95. The fraction of sp³-hybridized carbons (Fsp3) is 0.333. The van der Waals surface area contributed by atoms with Crippen LogP contribution < -0.4 is 10.6 Å².